The van der Waals surface area contributed by atoms with Gasteiger partial charge in [-0.05, 0) is 30.2 Å². The van der Waals surface area contributed by atoms with E-state index in [-0.39, 0.29) is 23.5 Å². The van der Waals surface area contributed by atoms with Crippen molar-refractivity contribution in [3.63, 3.8) is 0 Å². The SMILES string of the molecule is O=C1/C(=C\c2ccncc2)SC(=S)N1[C@@H]1CCS(=O)(=O)C1. The largest absolute Gasteiger partial charge is 0.289 e. The van der Waals surface area contributed by atoms with Crippen LogP contribution in [0.15, 0.2) is 29.4 Å². The molecule has 110 valence electrons. The second kappa shape index (κ2) is 5.51. The quantitative estimate of drug-likeness (QED) is 0.600. The van der Waals surface area contributed by atoms with Crippen molar-refractivity contribution in [1.82, 2.24) is 9.88 Å². The fraction of sp³-hybridized carbons (Fsp3) is 0.308. The summed E-state index contributed by atoms with van der Waals surface area (Å²) in [5.74, 6) is -0.0796. The van der Waals surface area contributed by atoms with Crippen LogP contribution in [0.4, 0.5) is 0 Å². The molecule has 0 spiro atoms. The maximum absolute atomic E-state index is 12.5. The van der Waals surface area contributed by atoms with Gasteiger partial charge in [-0.25, -0.2) is 8.42 Å². The Labute approximate surface area is 132 Å². The molecule has 3 heterocycles. The van der Waals surface area contributed by atoms with Crippen LogP contribution in [0.5, 0.6) is 0 Å². The molecule has 1 amide bonds. The van der Waals surface area contributed by atoms with Gasteiger partial charge in [0.15, 0.2) is 9.84 Å². The summed E-state index contributed by atoms with van der Waals surface area (Å²) >= 11 is 6.46. The zero-order chi connectivity index (χ0) is 15.0. The Bertz CT molecular complexity index is 728. The number of nitrogens with zero attached hydrogens (tertiary/aromatic N) is 2. The Hall–Kier alpha value is -1.25. The summed E-state index contributed by atoms with van der Waals surface area (Å²) in [4.78, 5) is 18.4. The van der Waals surface area contributed by atoms with Crippen molar-refractivity contribution in [2.75, 3.05) is 11.5 Å². The zero-order valence-corrected chi connectivity index (χ0v) is 13.4. The summed E-state index contributed by atoms with van der Waals surface area (Å²) in [6, 6.07) is 3.27. The minimum absolute atomic E-state index is 0.00196. The molecule has 2 saturated heterocycles. The van der Waals surface area contributed by atoms with Gasteiger partial charge in [0.1, 0.15) is 4.32 Å². The number of hydrogen-bond acceptors (Lipinski definition) is 6. The number of thioether (sulfide) groups is 1. The normalized spacial score (nSPS) is 26.8. The van der Waals surface area contributed by atoms with E-state index in [1.54, 1.807) is 30.6 Å². The molecule has 1 atom stereocenters. The molecule has 1 aromatic heterocycles. The summed E-state index contributed by atoms with van der Waals surface area (Å²) in [5.41, 5.74) is 0.865. The molecule has 0 aliphatic carbocycles. The number of carbonyl (C=O) groups is 1. The van der Waals surface area contributed by atoms with E-state index in [0.717, 1.165) is 5.56 Å². The van der Waals surface area contributed by atoms with Gasteiger partial charge >= 0.3 is 0 Å². The summed E-state index contributed by atoms with van der Waals surface area (Å²) in [6.07, 6.45) is 5.51. The molecule has 2 aliphatic rings. The number of thiocarbonyl (C=S) groups is 1. The van der Waals surface area contributed by atoms with Gasteiger partial charge in [-0.15, -0.1) is 0 Å². The van der Waals surface area contributed by atoms with E-state index in [4.69, 9.17) is 12.2 Å². The van der Waals surface area contributed by atoms with E-state index in [1.807, 2.05) is 0 Å². The third-order valence-corrected chi connectivity index (χ3v) is 6.48. The third kappa shape index (κ3) is 3.02. The molecule has 2 fully saturated rings. The molecule has 0 saturated carbocycles. The summed E-state index contributed by atoms with van der Waals surface area (Å²) < 4.78 is 23.6. The van der Waals surface area contributed by atoms with Crippen molar-refractivity contribution in [3.8, 4) is 0 Å². The van der Waals surface area contributed by atoms with Gasteiger partial charge < -0.3 is 0 Å². The van der Waals surface area contributed by atoms with Gasteiger partial charge in [-0.1, -0.05) is 24.0 Å². The van der Waals surface area contributed by atoms with Gasteiger partial charge in [0, 0.05) is 12.4 Å². The smallest absolute Gasteiger partial charge is 0.266 e. The van der Waals surface area contributed by atoms with Crippen LogP contribution in [-0.2, 0) is 14.6 Å². The van der Waals surface area contributed by atoms with E-state index < -0.39 is 9.84 Å². The maximum atomic E-state index is 12.5. The molecule has 1 aromatic rings. The second-order valence-electron chi connectivity index (χ2n) is 4.89. The fourth-order valence-corrected chi connectivity index (χ4v) is 5.48. The van der Waals surface area contributed by atoms with Crippen molar-refractivity contribution in [2.24, 2.45) is 0 Å². The number of pyridine rings is 1. The first-order valence-corrected chi connectivity index (χ1v) is 9.38. The molecule has 3 rings (SSSR count). The van der Waals surface area contributed by atoms with Crippen LogP contribution in [-0.4, -0.2) is 46.1 Å². The van der Waals surface area contributed by atoms with Crippen molar-refractivity contribution >= 4 is 50.1 Å². The lowest BCUT2D eigenvalue weighted by atomic mass is 10.2. The Kier molecular flexibility index (Phi) is 3.85. The van der Waals surface area contributed by atoms with Gasteiger partial charge in [-0.3, -0.25) is 14.7 Å². The number of aromatic nitrogens is 1. The topological polar surface area (TPSA) is 67.3 Å². The zero-order valence-electron chi connectivity index (χ0n) is 10.9. The molecular weight excluding hydrogens is 328 g/mol. The molecule has 8 heteroatoms. The highest BCUT2D eigenvalue weighted by atomic mass is 32.2. The summed E-state index contributed by atoms with van der Waals surface area (Å²) in [6.45, 7) is 0. The van der Waals surface area contributed by atoms with E-state index in [0.29, 0.717) is 15.6 Å². The minimum Gasteiger partial charge on any atom is -0.289 e. The first kappa shape index (κ1) is 14.7. The summed E-state index contributed by atoms with van der Waals surface area (Å²) in [7, 11) is -3.05. The molecule has 0 aromatic carbocycles. The van der Waals surface area contributed by atoms with Crippen LogP contribution in [0.25, 0.3) is 6.08 Å². The van der Waals surface area contributed by atoms with Crippen molar-refractivity contribution < 1.29 is 13.2 Å². The Morgan fingerprint density at radius 2 is 2.10 bits per heavy atom. The fourth-order valence-electron chi connectivity index (χ4n) is 2.38. The van der Waals surface area contributed by atoms with Crippen LogP contribution >= 0.6 is 24.0 Å². The molecule has 0 bridgehead atoms. The predicted molar refractivity (Wildman–Crippen MR) is 86.3 cm³/mol. The molecule has 0 N–H and O–H groups in total. The van der Waals surface area contributed by atoms with Crippen molar-refractivity contribution in [3.05, 3.63) is 35.0 Å². The highest BCUT2D eigenvalue weighted by Crippen LogP contribution is 2.36. The third-order valence-electron chi connectivity index (χ3n) is 3.40. The first-order valence-electron chi connectivity index (χ1n) is 6.34. The lowest BCUT2D eigenvalue weighted by molar-refractivity contribution is -0.123. The molecule has 21 heavy (non-hydrogen) atoms. The lowest BCUT2D eigenvalue weighted by Gasteiger charge is -2.20. The number of sulfone groups is 1. The van der Waals surface area contributed by atoms with Gasteiger partial charge in [0.05, 0.1) is 22.5 Å². The molecule has 0 radical (unpaired) electrons. The highest BCUT2D eigenvalue weighted by Gasteiger charge is 2.41. The van der Waals surface area contributed by atoms with Crippen LogP contribution in [0.1, 0.15) is 12.0 Å². The Morgan fingerprint density at radius 3 is 2.71 bits per heavy atom. The van der Waals surface area contributed by atoms with Crippen LogP contribution in [0.3, 0.4) is 0 Å². The molecule has 0 unspecified atom stereocenters. The minimum atomic E-state index is -3.05. The van der Waals surface area contributed by atoms with Crippen LogP contribution in [0, 0.1) is 0 Å². The molecule has 2 aliphatic heterocycles. The average molecular weight is 340 g/mol. The number of rotatable bonds is 2. The van der Waals surface area contributed by atoms with Crippen molar-refractivity contribution in [2.45, 2.75) is 12.5 Å². The predicted octanol–water partition coefficient (Wildman–Crippen LogP) is 1.47. The first-order chi connectivity index (χ1) is 9.96. The van der Waals surface area contributed by atoms with Crippen LogP contribution in [0.2, 0.25) is 0 Å². The Balaban J connectivity index is 1.85. The van der Waals surface area contributed by atoms with E-state index in [9.17, 15) is 13.2 Å². The average Bonchev–Trinajstić information content (AvgIpc) is 2.91. The number of carbonyl (C=O) groups excluding carboxylic acids is 1. The lowest BCUT2D eigenvalue weighted by Crippen LogP contribution is -2.39. The van der Waals surface area contributed by atoms with E-state index in [1.165, 1.54) is 16.7 Å². The molecule has 5 nitrogen and oxygen atoms in total. The number of amides is 1. The van der Waals surface area contributed by atoms with Gasteiger partial charge in [0.25, 0.3) is 5.91 Å². The van der Waals surface area contributed by atoms with Gasteiger partial charge in [-0.2, -0.15) is 0 Å². The second-order valence-corrected chi connectivity index (χ2v) is 8.79. The monoisotopic (exact) mass is 340 g/mol. The highest BCUT2D eigenvalue weighted by molar-refractivity contribution is 8.26. The van der Waals surface area contributed by atoms with Crippen LogP contribution < -0.4 is 0 Å². The van der Waals surface area contributed by atoms with Crippen molar-refractivity contribution in [1.29, 1.82) is 0 Å². The molecular formula is C13H12N2O3S3. The number of hydrogen-bond donors (Lipinski definition) is 0. The summed E-state index contributed by atoms with van der Waals surface area (Å²) in [5, 5.41) is 0. The van der Waals surface area contributed by atoms with E-state index >= 15 is 0 Å². The Morgan fingerprint density at radius 1 is 1.38 bits per heavy atom. The standard InChI is InChI=1S/C13H12N2O3S3/c16-12-11(7-9-1-4-14-5-2-9)20-13(19)15(12)10-3-6-21(17,18)8-10/h1-2,4-5,7,10H,3,6,8H2/b11-7+/t10-/m1/s1. The maximum Gasteiger partial charge on any atom is 0.266 e. The van der Waals surface area contributed by atoms with E-state index in [2.05, 4.69) is 4.98 Å². The van der Waals surface area contributed by atoms with Gasteiger partial charge in [0.2, 0.25) is 0 Å².